The summed E-state index contributed by atoms with van der Waals surface area (Å²) in [5.74, 6) is 0.882. The molecule has 1 aromatic rings. The highest BCUT2D eigenvalue weighted by molar-refractivity contribution is 5.29. The maximum absolute atomic E-state index is 5.51. The van der Waals surface area contributed by atoms with Crippen molar-refractivity contribution >= 4 is 5.95 Å². The molecule has 1 rings (SSSR count). The van der Waals surface area contributed by atoms with Crippen molar-refractivity contribution in [2.75, 3.05) is 26.1 Å². The number of anilines is 1. The zero-order valence-corrected chi connectivity index (χ0v) is 10.7. The van der Waals surface area contributed by atoms with E-state index in [-0.39, 0.29) is 11.5 Å². The summed E-state index contributed by atoms with van der Waals surface area (Å²) in [5, 5.41) is 0. The Hall–Kier alpha value is -1.56. The molecule has 0 saturated carbocycles. The predicted octanol–water partition coefficient (Wildman–Crippen LogP) is 1.26. The molecular weight excluding hydrogens is 222 g/mol. The minimum absolute atomic E-state index is 0.121. The van der Waals surface area contributed by atoms with Crippen molar-refractivity contribution in [2.24, 2.45) is 0 Å². The predicted molar refractivity (Wildman–Crippen MR) is 64.2 cm³/mol. The summed E-state index contributed by atoms with van der Waals surface area (Å²) in [6.07, 6.45) is 0. The largest absolute Gasteiger partial charge is 0.481 e. The number of aromatic nitrogens is 2. The Morgan fingerprint density at radius 2 is 1.82 bits per heavy atom. The Balaban J connectivity index is 2.44. The summed E-state index contributed by atoms with van der Waals surface area (Å²) in [5.41, 5.74) is 5.32. The zero-order chi connectivity index (χ0) is 12.9. The molecule has 0 amide bonds. The quantitative estimate of drug-likeness (QED) is 0.782. The summed E-state index contributed by atoms with van der Waals surface area (Å²) in [6.45, 7) is 6.84. The second kappa shape index (κ2) is 5.67. The summed E-state index contributed by atoms with van der Waals surface area (Å²) in [4.78, 5) is 7.78. The Morgan fingerprint density at radius 3 is 2.41 bits per heavy atom. The van der Waals surface area contributed by atoms with Crippen LogP contribution in [0.15, 0.2) is 6.07 Å². The van der Waals surface area contributed by atoms with Crippen LogP contribution in [0.2, 0.25) is 0 Å². The molecule has 0 spiro atoms. The van der Waals surface area contributed by atoms with E-state index in [9.17, 15) is 0 Å². The molecule has 6 nitrogen and oxygen atoms in total. The lowest BCUT2D eigenvalue weighted by molar-refractivity contribution is -0.0168. The van der Waals surface area contributed by atoms with Crippen molar-refractivity contribution in [2.45, 2.75) is 26.4 Å². The van der Waals surface area contributed by atoms with Crippen LogP contribution in [0.4, 0.5) is 5.95 Å². The molecule has 17 heavy (non-hydrogen) atoms. The van der Waals surface area contributed by atoms with E-state index in [4.69, 9.17) is 19.9 Å². The third-order valence-electron chi connectivity index (χ3n) is 1.77. The first kappa shape index (κ1) is 13.5. The van der Waals surface area contributed by atoms with Gasteiger partial charge in [0.15, 0.2) is 0 Å². The van der Waals surface area contributed by atoms with E-state index in [0.717, 1.165) is 0 Å². The first-order valence-electron chi connectivity index (χ1n) is 5.36. The second-order valence-corrected chi connectivity index (χ2v) is 4.42. The van der Waals surface area contributed by atoms with Crippen LogP contribution in [-0.4, -0.2) is 35.9 Å². The lowest BCUT2D eigenvalue weighted by Crippen LogP contribution is -2.22. The van der Waals surface area contributed by atoms with Crippen LogP contribution in [0.25, 0.3) is 0 Å². The molecule has 2 N–H and O–H groups in total. The lowest BCUT2D eigenvalue weighted by atomic mass is 10.2. The number of ether oxygens (including phenoxy) is 3. The van der Waals surface area contributed by atoms with Gasteiger partial charge in [0.1, 0.15) is 6.61 Å². The number of rotatable bonds is 5. The second-order valence-electron chi connectivity index (χ2n) is 4.42. The van der Waals surface area contributed by atoms with E-state index in [1.54, 1.807) is 6.07 Å². The SMILES string of the molecule is COc1cc(OCCOC(C)(C)C)nc(N)n1. The van der Waals surface area contributed by atoms with Crippen LogP contribution in [0.3, 0.4) is 0 Å². The summed E-state index contributed by atoms with van der Waals surface area (Å²) in [6, 6.07) is 1.58. The standard InChI is InChI=1S/C11H19N3O3/c1-11(2,3)17-6-5-16-9-7-8(15-4)13-10(12)14-9/h7H,5-6H2,1-4H3,(H2,12,13,14). The number of nitrogens with two attached hydrogens (primary N) is 1. The van der Waals surface area contributed by atoms with Crippen molar-refractivity contribution in [1.82, 2.24) is 9.97 Å². The molecule has 96 valence electrons. The number of hydrogen-bond donors (Lipinski definition) is 1. The third-order valence-corrected chi connectivity index (χ3v) is 1.77. The van der Waals surface area contributed by atoms with Gasteiger partial charge in [0.25, 0.3) is 0 Å². The maximum atomic E-state index is 5.51. The van der Waals surface area contributed by atoms with Gasteiger partial charge in [0.2, 0.25) is 17.7 Å². The van der Waals surface area contributed by atoms with Crippen LogP contribution in [0.1, 0.15) is 20.8 Å². The fourth-order valence-electron chi connectivity index (χ4n) is 1.09. The van der Waals surface area contributed by atoms with E-state index in [2.05, 4.69) is 9.97 Å². The van der Waals surface area contributed by atoms with Crippen molar-refractivity contribution in [3.63, 3.8) is 0 Å². The molecule has 0 aliphatic heterocycles. The summed E-state index contributed by atoms with van der Waals surface area (Å²) >= 11 is 0. The Labute approximate surface area is 101 Å². The average Bonchev–Trinajstić information content (AvgIpc) is 2.22. The molecule has 0 aliphatic rings. The number of hydrogen-bond acceptors (Lipinski definition) is 6. The van der Waals surface area contributed by atoms with Crippen LogP contribution in [0, 0.1) is 0 Å². The molecule has 1 heterocycles. The number of nitrogens with zero attached hydrogens (tertiary/aromatic N) is 2. The molecule has 0 aliphatic carbocycles. The fourth-order valence-corrected chi connectivity index (χ4v) is 1.09. The molecule has 0 atom stereocenters. The zero-order valence-electron chi connectivity index (χ0n) is 10.7. The van der Waals surface area contributed by atoms with Gasteiger partial charge >= 0.3 is 0 Å². The van der Waals surface area contributed by atoms with Crippen LogP contribution < -0.4 is 15.2 Å². The van der Waals surface area contributed by atoms with Crippen LogP contribution in [-0.2, 0) is 4.74 Å². The van der Waals surface area contributed by atoms with Crippen LogP contribution >= 0.6 is 0 Å². The molecule has 0 radical (unpaired) electrons. The van der Waals surface area contributed by atoms with Crippen molar-refractivity contribution in [3.8, 4) is 11.8 Å². The van der Waals surface area contributed by atoms with Crippen LogP contribution in [0.5, 0.6) is 11.8 Å². The molecule has 1 aromatic heterocycles. The summed E-state index contributed by atoms with van der Waals surface area (Å²) < 4.78 is 15.8. The highest BCUT2D eigenvalue weighted by atomic mass is 16.5. The number of nitrogen functional groups attached to an aromatic ring is 1. The van der Waals surface area contributed by atoms with Gasteiger partial charge < -0.3 is 19.9 Å². The van der Waals surface area contributed by atoms with Crippen molar-refractivity contribution in [1.29, 1.82) is 0 Å². The third kappa shape index (κ3) is 5.35. The topological polar surface area (TPSA) is 79.5 Å². The maximum Gasteiger partial charge on any atom is 0.226 e. The minimum atomic E-state index is -0.175. The van der Waals surface area contributed by atoms with E-state index >= 15 is 0 Å². The molecule has 0 unspecified atom stereocenters. The highest BCUT2D eigenvalue weighted by Gasteiger charge is 2.10. The van der Waals surface area contributed by atoms with Crippen molar-refractivity contribution in [3.05, 3.63) is 6.07 Å². The molecule has 0 saturated heterocycles. The van der Waals surface area contributed by atoms with E-state index in [0.29, 0.717) is 25.0 Å². The Kier molecular flexibility index (Phi) is 4.51. The minimum Gasteiger partial charge on any atom is -0.481 e. The first-order valence-corrected chi connectivity index (χ1v) is 5.36. The Morgan fingerprint density at radius 1 is 1.18 bits per heavy atom. The normalized spacial score (nSPS) is 11.3. The molecule has 6 heteroatoms. The van der Waals surface area contributed by atoms with Gasteiger partial charge in [-0.1, -0.05) is 0 Å². The van der Waals surface area contributed by atoms with Gasteiger partial charge in [0, 0.05) is 0 Å². The lowest BCUT2D eigenvalue weighted by Gasteiger charge is -2.19. The molecule has 0 bridgehead atoms. The molecular formula is C11H19N3O3. The van der Waals surface area contributed by atoms with Gasteiger partial charge in [-0.05, 0) is 20.8 Å². The summed E-state index contributed by atoms with van der Waals surface area (Å²) in [7, 11) is 1.51. The van der Waals surface area contributed by atoms with Crippen molar-refractivity contribution < 1.29 is 14.2 Å². The van der Waals surface area contributed by atoms with Gasteiger partial charge in [-0.3, -0.25) is 0 Å². The van der Waals surface area contributed by atoms with Gasteiger partial charge in [-0.2, -0.15) is 9.97 Å². The monoisotopic (exact) mass is 241 g/mol. The molecule has 0 aromatic carbocycles. The van der Waals surface area contributed by atoms with Gasteiger partial charge in [0.05, 0.1) is 25.4 Å². The van der Waals surface area contributed by atoms with E-state index in [1.165, 1.54) is 7.11 Å². The molecule has 0 fully saturated rings. The average molecular weight is 241 g/mol. The number of methoxy groups -OCH3 is 1. The van der Waals surface area contributed by atoms with E-state index < -0.39 is 0 Å². The van der Waals surface area contributed by atoms with Gasteiger partial charge in [-0.25, -0.2) is 0 Å². The first-order chi connectivity index (χ1) is 7.90. The Bertz CT molecular complexity index is 363. The fraction of sp³-hybridized carbons (Fsp3) is 0.636. The highest BCUT2D eigenvalue weighted by Crippen LogP contribution is 2.16. The van der Waals surface area contributed by atoms with E-state index in [1.807, 2.05) is 20.8 Å². The van der Waals surface area contributed by atoms with Gasteiger partial charge in [-0.15, -0.1) is 0 Å². The smallest absolute Gasteiger partial charge is 0.226 e.